The topological polar surface area (TPSA) is 54.9 Å². The van der Waals surface area contributed by atoms with Crippen molar-refractivity contribution in [2.45, 2.75) is 65.3 Å². The number of aromatic nitrogens is 2. The van der Waals surface area contributed by atoms with E-state index in [2.05, 4.69) is 11.9 Å². The molecule has 0 aliphatic rings. The number of hydrogen-bond acceptors (Lipinski definition) is 2. The van der Waals surface area contributed by atoms with Gasteiger partial charge in [-0.3, -0.25) is 9.78 Å². The number of nitrogens with zero attached hydrogens (tertiary/aromatic N) is 1. The second-order valence-corrected chi connectivity index (χ2v) is 4.73. The Bertz CT molecular complexity index is 460. The van der Waals surface area contributed by atoms with Crippen molar-refractivity contribution in [3.05, 3.63) is 32.6 Å². The summed E-state index contributed by atoms with van der Waals surface area (Å²) in [7, 11) is 0. The monoisotopic (exact) mass is 252 g/mol. The fourth-order valence-corrected chi connectivity index (χ4v) is 2.03. The molecule has 0 saturated heterocycles. The highest BCUT2D eigenvalue weighted by molar-refractivity contribution is 5.03. The van der Waals surface area contributed by atoms with Crippen LogP contribution in [0, 0.1) is 0 Å². The molecule has 0 bridgehead atoms. The van der Waals surface area contributed by atoms with Gasteiger partial charge in [0.2, 0.25) is 0 Å². The van der Waals surface area contributed by atoms with Crippen LogP contribution in [0.5, 0.6) is 0 Å². The summed E-state index contributed by atoms with van der Waals surface area (Å²) < 4.78 is 1.63. The van der Waals surface area contributed by atoms with Crippen molar-refractivity contribution in [1.29, 1.82) is 0 Å². The predicted molar refractivity (Wildman–Crippen MR) is 74.1 cm³/mol. The lowest BCUT2D eigenvalue weighted by Gasteiger charge is -2.06. The van der Waals surface area contributed by atoms with Gasteiger partial charge in [-0.2, -0.15) is 0 Å². The molecule has 0 saturated carbocycles. The first-order valence-corrected chi connectivity index (χ1v) is 7.01. The Labute approximate surface area is 108 Å². The van der Waals surface area contributed by atoms with Crippen LogP contribution in [0.15, 0.2) is 15.8 Å². The molecule has 1 aromatic rings. The van der Waals surface area contributed by atoms with Gasteiger partial charge in [0.05, 0.1) is 0 Å². The lowest BCUT2D eigenvalue weighted by Crippen LogP contribution is -2.31. The molecule has 1 rings (SSSR count). The van der Waals surface area contributed by atoms with Gasteiger partial charge in [0.1, 0.15) is 0 Å². The third-order valence-electron chi connectivity index (χ3n) is 3.22. The fourth-order valence-electron chi connectivity index (χ4n) is 2.03. The van der Waals surface area contributed by atoms with Crippen molar-refractivity contribution in [2.24, 2.45) is 0 Å². The summed E-state index contributed by atoms with van der Waals surface area (Å²) >= 11 is 0. The molecule has 0 atom stereocenters. The van der Waals surface area contributed by atoms with Crippen LogP contribution in [0.25, 0.3) is 0 Å². The van der Waals surface area contributed by atoms with Gasteiger partial charge in [-0.15, -0.1) is 0 Å². The molecule has 0 aromatic carbocycles. The highest BCUT2D eigenvalue weighted by Crippen LogP contribution is 2.05. The molecule has 0 amide bonds. The van der Waals surface area contributed by atoms with Crippen LogP contribution >= 0.6 is 0 Å². The summed E-state index contributed by atoms with van der Waals surface area (Å²) in [5.74, 6) is 0. The smallest absolute Gasteiger partial charge is 0.300 e. The first kappa shape index (κ1) is 14.7. The molecule has 1 aromatic heterocycles. The Morgan fingerprint density at radius 3 is 2.39 bits per heavy atom. The molecule has 0 unspecified atom stereocenters. The third-order valence-corrected chi connectivity index (χ3v) is 3.22. The first-order chi connectivity index (χ1) is 8.69. The van der Waals surface area contributed by atoms with Crippen molar-refractivity contribution in [2.75, 3.05) is 0 Å². The maximum Gasteiger partial charge on any atom is 0.328 e. The van der Waals surface area contributed by atoms with Crippen LogP contribution in [0.2, 0.25) is 0 Å². The molecule has 0 aliphatic carbocycles. The van der Waals surface area contributed by atoms with Crippen LogP contribution in [-0.2, 0) is 13.0 Å². The fraction of sp³-hybridized carbons (Fsp3) is 0.714. The molecule has 0 aliphatic heterocycles. The molecule has 18 heavy (non-hydrogen) atoms. The molecule has 0 fully saturated rings. The Morgan fingerprint density at radius 1 is 1.06 bits per heavy atom. The number of aromatic amines is 1. The van der Waals surface area contributed by atoms with Gasteiger partial charge in [-0.05, 0) is 12.8 Å². The Kier molecular flexibility index (Phi) is 6.47. The quantitative estimate of drug-likeness (QED) is 0.723. The number of hydrogen-bond donors (Lipinski definition) is 1. The van der Waals surface area contributed by atoms with Crippen LogP contribution in [0.4, 0.5) is 0 Å². The minimum Gasteiger partial charge on any atom is -0.300 e. The predicted octanol–water partition coefficient (Wildman–Crippen LogP) is 2.46. The lowest BCUT2D eigenvalue weighted by atomic mass is 10.1. The summed E-state index contributed by atoms with van der Waals surface area (Å²) in [5, 5.41) is 0. The minimum absolute atomic E-state index is 0.248. The van der Waals surface area contributed by atoms with Gasteiger partial charge in [0.25, 0.3) is 5.56 Å². The van der Waals surface area contributed by atoms with Gasteiger partial charge in [0.15, 0.2) is 0 Å². The van der Waals surface area contributed by atoms with E-state index < -0.39 is 0 Å². The molecule has 0 radical (unpaired) electrons. The van der Waals surface area contributed by atoms with E-state index in [1.54, 1.807) is 10.8 Å². The average molecular weight is 252 g/mol. The molecule has 0 spiro atoms. The maximum atomic E-state index is 11.6. The van der Waals surface area contributed by atoms with E-state index in [1.165, 1.54) is 25.7 Å². The maximum absolute atomic E-state index is 11.6. The number of aryl methyl sites for hydroxylation is 2. The van der Waals surface area contributed by atoms with Crippen molar-refractivity contribution < 1.29 is 0 Å². The van der Waals surface area contributed by atoms with Crippen LogP contribution in [-0.4, -0.2) is 9.55 Å². The number of rotatable bonds is 8. The summed E-state index contributed by atoms with van der Waals surface area (Å²) in [6.45, 7) is 4.82. The minimum atomic E-state index is -0.286. The molecule has 4 heteroatoms. The standard InChI is InChI=1S/C14H24N2O2/c1-3-5-6-7-8-9-10-16-11-12(4-2)13(17)15-14(16)18/h11H,3-10H2,1-2H3,(H,15,17,18). The Morgan fingerprint density at radius 2 is 1.72 bits per heavy atom. The molecule has 4 nitrogen and oxygen atoms in total. The first-order valence-electron chi connectivity index (χ1n) is 7.01. The van der Waals surface area contributed by atoms with Gasteiger partial charge in [-0.1, -0.05) is 46.0 Å². The van der Waals surface area contributed by atoms with Crippen molar-refractivity contribution >= 4 is 0 Å². The van der Waals surface area contributed by atoms with Crippen LogP contribution in [0.3, 0.4) is 0 Å². The number of unbranched alkanes of at least 4 members (excludes halogenated alkanes) is 5. The molecule has 1 N–H and O–H groups in total. The molecular weight excluding hydrogens is 228 g/mol. The zero-order valence-electron chi connectivity index (χ0n) is 11.5. The van der Waals surface area contributed by atoms with Gasteiger partial charge >= 0.3 is 5.69 Å². The van der Waals surface area contributed by atoms with E-state index in [-0.39, 0.29) is 11.2 Å². The number of nitrogens with one attached hydrogen (secondary N) is 1. The van der Waals surface area contributed by atoms with E-state index >= 15 is 0 Å². The van der Waals surface area contributed by atoms with Crippen molar-refractivity contribution in [3.63, 3.8) is 0 Å². The van der Waals surface area contributed by atoms with E-state index in [4.69, 9.17) is 0 Å². The summed E-state index contributed by atoms with van der Waals surface area (Å²) in [6, 6.07) is 0. The van der Waals surface area contributed by atoms with Gasteiger partial charge < -0.3 is 4.57 Å². The van der Waals surface area contributed by atoms with Gasteiger partial charge in [-0.25, -0.2) is 4.79 Å². The summed E-state index contributed by atoms with van der Waals surface area (Å²) in [5.41, 5.74) is 0.146. The molecule has 102 valence electrons. The van der Waals surface area contributed by atoms with Crippen molar-refractivity contribution in [1.82, 2.24) is 9.55 Å². The molecular formula is C14H24N2O2. The second kappa shape index (κ2) is 7.90. The lowest BCUT2D eigenvalue weighted by molar-refractivity contribution is 0.540. The van der Waals surface area contributed by atoms with E-state index in [1.807, 2.05) is 6.92 Å². The normalized spacial score (nSPS) is 10.8. The Balaban J connectivity index is 2.47. The van der Waals surface area contributed by atoms with E-state index in [9.17, 15) is 9.59 Å². The largest absolute Gasteiger partial charge is 0.328 e. The second-order valence-electron chi connectivity index (χ2n) is 4.73. The highest BCUT2D eigenvalue weighted by Gasteiger charge is 2.02. The number of H-pyrrole nitrogens is 1. The van der Waals surface area contributed by atoms with E-state index in [0.717, 1.165) is 12.8 Å². The third kappa shape index (κ3) is 4.51. The van der Waals surface area contributed by atoms with Crippen LogP contribution < -0.4 is 11.2 Å². The van der Waals surface area contributed by atoms with E-state index in [0.29, 0.717) is 18.5 Å². The van der Waals surface area contributed by atoms with Crippen molar-refractivity contribution in [3.8, 4) is 0 Å². The highest BCUT2D eigenvalue weighted by atomic mass is 16.2. The summed E-state index contributed by atoms with van der Waals surface area (Å²) in [4.78, 5) is 25.4. The van der Waals surface area contributed by atoms with Crippen LogP contribution in [0.1, 0.15) is 57.9 Å². The molecule has 1 heterocycles. The van der Waals surface area contributed by atoms with Gasteiger partial charge in [0, 0.05) is 18.3 Å². The SMILES string of the molecule is CCCCCCCCn1cc(CC)c(=O)[nH]c1=O. The zero-order chi connectivity index (χ0) is 13.4. The summed E-state index contributed by atoms with van der Waals surface area (Å²) in [6.07, 6.45) is 9.55. The Hall–Kier alpha value is -1.32. The zero-order valence-corrected chi connectivity index (χ0v) is 11.5. The average Bonchev–Trinajstić information content (AvgIpc) is 2.36.